The van der Waals surface area contributed by atoms with Crippen molar-refractivity contribution in [2.24, 2.45) is 28.7 Å². The highest BCUT2D eigenvalue weighted by Crippen LogP contribution is 2.40. The predicted octanol–water partition coefficient (Wildman–Crippen LogP) is 3.63. The summed E-state index contributed by atoms with van der Waals surface area (Å²) < 4.78 is 3.18. The molecule has 0 radical (unpaired) electrons. The van der Waals surface area contributed by atoms with Crippen molar-refractivity contribution in [2.75, 3.05) is 5.32 Å². The summed E-state index contributed by atoms with van der Waals surface area (Å²) in [6.07, 6.45) is 0. The molecule has 6 N–H and O–H groups in total. The first-order chi connectivity index (χ1) is 14.4. The lowest BCUT2D eigenvalue weighted by atomic mass is 10.0. The fraction of sp³-hybridized carbons (Fsp3) is 0.136. The topological polar surface area (TPSA) is 113 Å². The van der Waals surface area contributed by atoms with E-state index in [0.717, 1.165) is 42.9 Å². The minimum absolute atomic E-state index is 0.0771. The maximum absolute atomic E-state index is 10.7. The van der Waals surface area contributed by atoms with Crippen LogP contribution in [0.5, 0.6) is 5.75 Å². The Hall–Kier alpha value is -3.65. The molecule has 0 amide bonds. The first-order valence-electron chi connectivity index (χ1n) is 9.40. The Morgan fingerprint density at radius 1 is 1.07 bits per heavy atom. The molecule has 3 aromatic carbocycles. The zero-order valence-corrected chi connectivity index (χ0v) is 17.8. The molecule has 4 rings (SSSR count). The molecular formula is C22H23N6OS+. The molecule has 7 nitrogen and oxygen atoms in total. The molecule has 0 aliphatic rings. The molecule has 0 spiro atoms. The smallest absolute Gasteiger partial charge is 0.339 e. The molecule has 0 aliphatic carbocycles. The van der Waals surface area contributed by atoms with Gasteiger partial charge in [-0.1, -0.05) is 30.3 Å². The number of aromatic hydroxyl groups is 1. The summed E-state index contributed by atoms with van der Waals surface area (Å²) in [5.41, 5.74) is 15.2. The number of hydrogen-bond donors (Lipinski definition) is 4. The van der Waals surface area contributed by atoms with Crippen LogP contribution in [0.4, 0.5) is 10.8 Å². The number of fused-ring (bicyclic) bond motifs is 3. The summed E-state index contributed by atoms with van der Waals surface area (Å²) in [5.74, 6) is 0.256. The van der Waals surface area contributed by atoms with Gasteiger partial charge in [0.25, 0.3) is 0 Å². The summed E-state index contributed by atoms with van der Waals surface area (Å²) in [6, 6.07) is 15.8. The van der Waals surface area contributed by atoms with Gasteiger partial charge < -0.3 is 16.6 Å². The summed E-state index contributed by atoms with van der Waals surface area (Å²) in [7, 11) is 2.03. The van der Waals surface area contributed by atoms with E-state index < -0.39 is 0 Å². The Bertz CT molecular complexity index is 1330. The highest BCUT2D eigenvalue weighted by atomic mass is 32.1. The lowest BCUT2D eigenvalue weighted by molar-refractivity contribution is -0.625. The van der Waals surface area contributed by atoms with E-state index in [2.05, 4.69) is 20.1 Å². The Labute approximate surface area is 178 Å². The Balaban J connectivity index is 1.79. The largest absolute Gasteiger partial charge is 0.507 e. The average Bonchev–Trinajstić information content (AvgIpc) is 3.06. The van der Waals surface area contributed by atoms with Crippen LogP contribution in [-0.4, -0.2) is 16.8 Å². The molecule has 0 fully saturated rings. The molecule has 30 heavy (non-hydrogen) atoms. The van der Waals surface area contributed by atoms with Gasteiger partial charge in [0.1, 0.15) is 11.4 Å². The van der Waals surface area contributed by atoms with Crippen LogP contribution >= 0.6 is 11.3 Å². The van der Waals surface area contributed by atoms with E-state index in [1.165, 1.54) is 0 Å². The summed E-state index contributed by atoms with van der Waals surface area (Å²) >= 11 is 1.61. The number of anilines is 2. The second-order valence-electron chi connectivity index (χ2n) is 7.08. The lowest BCUT2D eigenvalue weighted by Crippen LogP contribution is -2.29. The van der Waals surface area contributed by atoms with Gasteiger partial charge in [0.2, 0.25) is 5.96 Å². The molecule has 0 unspecified atom stereocenters. The number of phenols is 1. The summed E-state index contributed by atoms with van der Waals surface area (Å²) in [4.78, 5) is 0. The van der Waals surface area contributed by atoms with Crippen LogP contribution < -0.4 is 21.4 Å². The molecule has 0 aliphatic heterocycles. The first-order valence-corrected chi connectivity index (χ1v) is 10.2. The van der Waals surface area contributed by atoms with E-state index in [9.17, 15) is 5.11 Å². The zero-order valence-electron chi connectivity index (χ0n) is 17.0. The van der Waals surface area contributed by atoms with E-state index in [1.54, 1.807) is 11.3 Å². The molecule has 4 aromatic rings. The van der Waals surface area contributed by atoms with E-state index in [4.69, 9.17) is 11.5 Å². The van der Waals surface area contributed by atoms with Gasteiger partial charge in [0.05, 0.1) is 17.5 Å². The maximum Gasteiger partial charge on any atom is 0.339 e. The number of phenolic OH excluding ortho intramolecular Hbond substituents is 1. The van der Waals surface area contributed by atoms with Gasteiger partial charge in [-0.3, -0.25) is 0 Å². The number of aromatic nitrogens is 1. The van der Waals surface area contributed by atoms with Crippen molar-refractivity contribution >= 4 is 54.8 Å². The number of hydrogen-bond acceptors (Lipinski definition) is 5. The monoisotopic (exact) mass is 419 g/mol. The van der Waals surface area contributed by atoms with Gasteiger partial charge in [-0.05, 0) is 43.4 Å². The molecule has 8 heteroatoms. The molecule has 152 valence electrons. The van der Waals surface area contributed by atoms with Crippen molar-refractivity contribution in [1.29, 1.82) is 0 Å². The number of nitrogens with one attached hydrogen (secondary N) is 1. The number of nitrogens with zero attached hydrogens (tertiary/aromatic N) is 3. The Kier molecular flexibility index (Phi) is 5.01. The third-order valence-electron chi connectivity index (χ3n) is 5.03. The molecule has 0 bridgehead atoms. The number of benzene rings is 3. The van der Waals surface area contributed by atoms with E-state index in [-0.39, 0.29) is 5.96 Å². The molecule has 0 saturated carbocycles. The second kappa shape index (κ2) is 7.64. The van der Waals surface area contributed by atoms with Crippen LogP contribution in [0.15, 0.2) is 58.7 Å². The normalized spacial score (nSPS) is 11.8. The van der Waals surface area contributed by atoms with Crippen LogP contribution in [-0.2, 0) is 7.05 Å². The van der Waals surface area contributed by atoms with Crippen LogP contribution in [0.25, 0.3) is 21.0 Å². The van der Waals surface area contributed by atoms with Crippen molar-refractivity contribution in [3.05, 3.63) is 59.7 Å². The molecular weight excluding hydrogens is 396 g/mol. The number of rotatable bonds is 4. The highest BCUT2D eigenvalue weighted by Gasteiger charge is 2.22. The van der Waals surface area contributed by atoms with Crippen LogP contribution in [0.3, 0.4) is 0 Å². The van der Waals surface area contributed by atoms with Crippen molar-refractivity contribution in [2.45, 2.75) is 13.8 Å². The van der Waals surface area contributed by atoms with Crippen molar-refractivity contribution in [3.8, 4) is 5.75 Å². The number of guanidine groups is 1. The third kappa shape index (κ3) is 3.42. The van der Waals surface area contributed by atoms with Gasteiger partial charge in [-0.2, -0.15) is 5.10 Å². The van der Waals surface area contributed by atoms with Gasteiger partial charge in [-0.25, -0.2) is 9.88 Å². The van der Waals surface area contributed by atoms with E-state index in [1.807, 2.05) is 69.4 Å². The van der Waals surface area contributed by atoms with Crippen molar-refractivity contribution < 1.29 is 9.67 Å². The lowest BCUT2D eigenvalue weighted by Gasteiger charge is -2.06. The highest BCUT2D eigenvalue weighted by molar-refractivity contribution is 7.22. The van der Waals surface area contributed by atoms with E-state index >= 15 is 0 Å². The second-order valence-corrected chi connectivity index (χ2v) is 8.08. The standard InChI is InChI=1S/C22H22N6OS/c1-12-19(29)17-10-5-4-9-16(17)18-20(12)30-22(28(18)3)25-15-8-6-7-14(11-15)13(2)26-27-21(23)24/h4-11H,1-3H3,(H5,23,24,27,29)/p+1/b26-13+. The molecule has 1 heterocycles. The zero-order chi connectivity index (χ0) is 21.4. The number of nitrogens with two attached hydrogens (primary N) is 2. The van der Waals surface area contributed by atoms with Crippen LogP contribution in [0.1, 0.15) is 18.1 Å². The SMILES string of the molecule is C/C(=N\N=C(N)N)c1cccc(Nc2sc3c(C)c(O)c4ccccc4c3[n+]2C)c1. The molecule has 0 saturated heterocycles. The third-order valence-corrected chi connectivity index (χ3v) is 6.31. The molecule has 1 aromatic heterocycles. The quantitative estimate of drug-likeness (QED) is 0.175. The van der Waals surface area contributed by atoms with Crippen molar-refractivity contribution in [1.82, 2.24) is 0 Å². The maximum atomic E-state index is 10.7. The fourth-order valence-electron chi connectivity index (χ4n) is 3.48. The van der Waals surface area contributed by atoms with E-state index in [0.29, 0.717) is 11.5 Å². The average molecular weight is 420 g/mol. The number of thiazole rings is 1. The molecule has 0 atom stereocenters. The minimum atomic E-state index is -0.0771. The van der Waals surface area contributed by atoms with Gasteiger partial charge >= 0.3 is 5.13 Å². The van der Waals surface area contributed by atoms with Crippen LogP contribution in [0, 0.1) is 6.92 Å². The van der Waals surface area contributed by atoms with Gasteiger partial charge in [-0.15, -0.1) is 5.10 Å². The fourth-order valence-corrected chi connectivity index (χ4v) is 4.66. The van der Waals surface area contributed by atoms with Gasteiger partial charge in [0.15, 0.2) is 5.52 Å². The summed E-state index contributed by atoms with van der Waals surface area (Å²) in [6.45, 7) is 3.80. The first kappa shape index (κ1) is 19.7. The Morgan fingerprint density at radius 3 is 2.53 bits per heavy atom. The summed E-state index contributed by atoms with van der Waals surface area (Å²) in [5, 5.41) is 24.8. The predicted molar refractivity (Wildman–Crippen MR) is 125 cm³/mol. The minimum Gasteiger partial charge on any atom is -0.507 e. The van der Waals surface area contributed by atoms with Gasteiger partial charge in [0, 0.05) is 21.9 Å². The number of aryl methyl sites for hydroxylation is 2. The van der Waals surface area contributed by atoms with Crippen LogP contribution in [0.2, 0.25) is 0 Å². The Morgan fingerprint density at radius 2 is 1.80 bits per heavy atom. The van der Waals surface area contributed by atoms with Crippen molar-refractivity contribution in [3.63, 3.8) is 0 Å².